The number of likely N-dealkylation sites (tertiary alicyclic amines) is 1. The summed E-state index contributed by atoms with van der Waals surface area (Å²) in [5.41, 5.74) is 3.89. The van der Waals surface area contributed by atoms with E-state index in [9.17, 15) is 14.7 Å². The van der Waals surface area contributed by atoms with Crippen molar-refractivity contribution in [1.82, 2.24) is 4.90 Å². The average molecular weight is 514 g/mol. The Hall–Kier alpha value is -4.06. The van der Waals surface area contributed by atoms with E-state index in [-0.39, 0.29) is 17.9 Å². The van der Waals surface area contributed by atoms with Crippen LogP contribution in [0, 0.1) is 19.8 Å². The Morgan fingerprint density at radius 3 is 2.39 bits per heavy atom. The molecule has 6 heteroatoms. The highest BCUT2D eigenvalue weighted by Crippen LogP contribution is 2.43. The molecular formula is C32H35NO5. The van der Waals surface area contributed by atoms with Gasteiger partial charge in [-0.3, -0.25) is 9.59 Å². The molecule has 3 aromatic rings. The topological polar surface area (TPSA) is 76.1 Å². The summed E-state index contributed by atoms with van der Waals surface area (Å²) < 4.78 is 11.6. The van der Waals surface area contributed by atoms with E-state index < -0.39 is 17.7 Å². The van der Waals surface area contributed by atoms with Gasteiger partial charge in [0, 0.05) is 12.1 Å². The molecule has 1 heterocycles. The highest BCUT2D eigenvalue weighted by Gasteiger charge is 2.46. The van der Waals surface area contributed by atoms with Gasteiger partial charge in [0.25, 0.3) is 11.7 Å². The molecule has 1 atom stereocenters. The number of ketones is 1. The van der Waals surface area contributed by atoms with E-state index in [0.717, 1.165) is 23.1 Å². The van der Waals surface area contributed by atoms with Crippen LogP contribution in [-0.2, 0) is 16.1 Å². The van der Waals surface area contributed by atoms with E-state index in [4.69, 9.17) is 9.47 Å². The number of aliphatic hydroxyl groups excluding tert-OH is 1. The van der Waals surface area contributed by atoms with Crippen molar-refractivity contribution in [3.63, 3.8) is 0 Å². The van der Waals surface area contributed by atoms with E-state index in [1.165, 1.54) is 4.90 Å². The Labute approximate surface area is 224 Å². The van der Waals surface area contributed by atoms with Crippen LogP contribution in [0.5, 0.6) is 11.5 Å². The monoisotopic (exact) mass is 513 g/mol. The predicted octanol–water partition coefficient (Wildman–Crippen LogP) is 6.36. The summed E-state index contributed by atoms with van der Waals surface area (Å²) in [4.78, 5) is 28.4. The quantitative estimate of drug-likeness (QED) is 0.205. The Balaban J connectivity index is 1.84. The smallest absolute Gasteiger partial charge is 0.295 e. The highest BCUT2D eigenvalue weighted by atomic mass is 16.5. The molecule has 0 aliphatic carbocycles. The molecule has 0 saturated carbocycles. The van der Waals surface area contributed by atoms with Gasteiger partial charge in [0.1, 0.15) is 5.76 Å². The number of aryl methyl sites for hydroxylation is 2. The molecule has 1 saturated heterocycles. The van der Waals surface area contributed by atoms with Crippen LogP contribution < -0.4 is 9.47 Å². The molecule has 1 aliphatic heterocycles. The number of hydrogen-bond donors (Lipinski definition) is 1. The first-order valence-corrected chi connectivity index (χ1v) is 12.9. The van der Waals surface area contributed by atoms with E-state index in [1.807, 2.05) is 68.4 Å². The van der Waals surface area contributed by atoms with Crippen molar-refractivity contribution in [2.75, 3.05) is 13.7 Å². The molecule has 1 fully saturated rings. The second-order valence-electron chi connectivity index (χ2n) is 10.2. The van der Waals surface area contributed by atoms with Crippen LogP contribution in [0.15, 0.2) is 72.3 Å². The number of carbonyl (C=O) groups is 2. The van der Waals surface area contributed by atoms with Crippen LogP contribution >= 0.6 is 0 Å². The van der Waals surface area contributed by atoms with Crippen molar-refractivity contribution >= 4 is 17.4 Å². The molecule has 1 unspecified atom stereocenters. The number of nitrogens with zero attached hydrogens (tertiary/aromatic N) is 1. The van der Waals surface area contributed by atoms with Gasteiger partial charge < -0.3 is 19.5 Å². The number of methoxy groups -OCH3 is 1. The minimum atomic E-state index is -0.797. The zero-order chi connectivity index (χ0) is 27.4. The molecule has 198 valence electrons. The van der Waals surface area contributed by atoms with E-state index >= 15 is 0 Å². The summed E-state index contributed by atoms with van der Waals surface area (Å²) in [6.07, 6.45) is 0.901. The number of ether oxygens (including phenoxy) is 2. The lowest BCUT2D eigenvalue weighted by molar-refractivity contribution is -0.140. The number of benzene rings is 3. The SMILES string of the molecule is COc1cc(C2/C(=C(\O)c3cc(C)ccc3C)C(=O)C(=O)N2Cc2ccccc2)ccc1OCCC(C)C. The number of aliphatic hydroxyl groups is 1. The Kier molecular flexibility index (Phi) is 8.20. The van der Waals surface area contributed by atoms with Gasteiger partial charge in [0.15, 0.2) is 11.5 Å². The first-order valence-electron chi connectivity index (χ1n) is 12.9. The summed E-state index contributed by atoms with van der Waals surface area (Å²) in [5, 5.41) is 11.5. The van der Waals surface area contributed by atoms with Crippen molar-refractivity contribution < 1.29 is 24.2 Å². The maximum absolute atomic E-state index is 13.5. The number of rotatable bonds is 9. The van der Waals surface area contributed by atoms with Gasteiger partial charge in [0.05, 0.1) is 25.3 Å². The van der Waals surface area contributed by atoms with Gasteiger partial charge in [-0.05, 0) is 61.1 Å². The molecule has 3 aromatic carbocycles. The van der Waals surface area contributed by atoms with Crippen molar-refractivity contribution in [3.05, 3.63) is 100 Å². The van der Waals surface area contributed by atoms with Crippen molar-refractivity contribution in [2.24, 2.45) is 5.92 Å². The molecule has 0 spiro atoms. The first kappa shape index (κ1) is 27.0. The average Bonchev–Trinajstić information content (AvgIpc) is 3.15. The number of hydrogen-bond acceptors (Lipinski definition) is 5. The molecule has 38 heavy (non-hydrogen) atoms. The van der Waals surface area contributed by atoms with Gasteiger partial charge in [-0.15, -0.1) is 0 Å². The predicted molar refractivity (Wildman–Crippen MR) is 148 cm³/mol. The lowest BCUT2D eigenvalue weighted by Crippen LogP contribution is -2.29. The number of carbonyl (C=O) groups excluding carboxylic acids is 2. The van der Waals surface area contributed by atoms with Crippen molar-refractivity contribution in [1.29, 1.82) is 0 Å². The third-order valence-corrected chi connectivity index (χ3v) is 6.84. The van der Waals surface area contributed by atoms with Gasteiger partial charge in [-0.2, -0.15) is 0 Å². The Bertz CT molecular complexity index is 1360. The normalized spacial score (nSPS) is 16.8. The molecule has 1 N–H and O–H groups in total. The lowest BCUT2D eigenvalue weighted by atomic mass is 9.93. The molecule has 4 rings (SSSR count). The minimum Gasteiger partial charge on any atom is -0.507 e. The third-order valence-electron chi connectivity index (χ3n) is 6.84. The fourth-order valence-corrected chi connectivity index (χ4v) is 4.68. The van der Waals surface area contributed by atoms with Gasteiger partial charge in [0.2, 0.25) is 0 Å². The zero-order valence-corrected chi connectivity index (χ0v) is 22.7. The minimum absolute atomic E-state index is 0.0650. The van der Waals surface area contributed by atoms with E-state index in [2.05, 4.69) is 13.8 Å². The van der Waals surface area contributed by atoms with Crippen LogP contribution in [0.4, 0.5) is 0 Å². The van der Waals surface area contributed by atoms with Gasteiger partial charge >= 0.3 is 0 Å². The molecule has 0 radical (unpaired) electrons. The maximum atomic E-state index is 13.5. The van der Waals surface area contributed by atoms with Gasteiger partial charge in [-0.25, -0.2) is 0 Å². The van der Waals surface area contributed by atoms with Crippen molar-refractivity contribution in [2.45, 2.75) is 46.7 Å². The summed E-state index contributed by atoms with van der Waals surface area (Å²) in [5.74, 6) is 0.0571. The molecule has 6 nitrogen and oxygen atoms in total. The second-order valence-corrected chi connectivity index (χ2v) is 10.2. The number of amides is 1. The summed E-state index contributed by atoms with van der Waals surface area (Å²) >= 11 is 0. The Morgan fingerprint density at radius 1 is 0.974 bits per heavy atom. The van der Waals surface area contributed by atoms with Crippen LogP contribution in [0.3, 0.4) is 0 Å². The highest BCUT2D eigenvalue weighted by molar-refractivity contribution is 6.46. The zero-order valence-electron chi connectivity index (χ0n) is 22.7. The van der Waals surface area contributed by atoms with E-state index in [1.54, 1.807) is 19.2 Å². The molecule has 1 amide bonds. The van der Waals surface area contributed by atoms with Crippen LogP contribution in [0.25, 0.3) is 5.76 Å². The molecule has 1 aliphatic rings. The standard InChI is InChI=1S/C32H35NO5/c1-20(2)15-16-38-26-14-13-24(18-27(26)37-5)29-28(30(34)25-17-21(3)11-12-22(25)4)31(35)32(36)33(29)19-23-9-7-6-8-10-23/h6-14,17-18,20,29,34H,15-16,19H2,1-5H3/b30-28+. The van der Waals surface area contributed by atoms with Gasteiger partial charge in [-0.1, -0.05) is 67.9 Å². The van der Waals surface area contributed by atoms with Crippen molar-refractivity contribution in [3.8, 4) is 11.5 Å². The molecule has 0 bridgehead atoms. The third kappa shape index (κ3) is 5.59. The fraction of sp³-hybridized carbons (Fsp3) is 0.312. The molecule has 0 aromatic heterocycles. The largest absolute Gasteiger partial charge is 0.507 e. The maximum Gasteiger partial charge on any atom is 0.295 e. The second kappa shape index (κ2) is 11.5. The first-order chi connectivity index (χ1) is 18.2. The van der Waals surface area contributed by atoms with E-state index in [0.29, 0.717) is 35.2 Å². The lowest BCUT2D eigenvalue weighted by Gasteiger charge is -2.26. The van der Waals surface area contributed by atoms with Crippen LogP contribution in [0.2, 0.25) is 0 Å². The summed E-state index contributed by atoms with van der Waals surface area (Å²) in [7, 11) is 1.56. The summed E-state index contributed by atoms with van der Waals surface area (Å²) in [6.45, 7) is 8.83. The number of Topliss-reactive ketones (excluding diaryl/α,β-unsaturated/α-hetero) is 1. The fourth-order valence-electron chi connectivity index (χ4n) is 4.68. The Morgan fingerprint density at radius 2 is 1.71 bits per heavy atom. The molecular weight excluding hydrogens is 478 g/mol. The van der Waals surface area contributed by atoms with Crippen LogP contribution in [0.1, 0.15) is 54.1 Å². The van der Waals surface area contributed by atoms with Crippen LogP contribution in [-0.4, -0.2) is 35.4 Å². The summed E-state index contributed by atoms with van der Waals surface area (Å²) in [6, 6.07) is 19.8.